The minimum absolute atomic E-state index is 0.0683. The number of rotatable bonds is 4. The highest BCUT2D eigenvalue weighted by Gasteiger charge is 2.25. The van der Waals surface area contributed by atoms with Crippen molar-refractivity contribution in [1.82, 2.24) is 29.3 Å². The third kappa shape index (κ3) is 4.09. The van der Waals surface area contributed by atoms with E-state index in [9.17, 15) is 0 Å². The molecule has 8 nitrogen and oxygen atoms in total. The van der Waals surface area contributed by atoms with Crippen LogP contribution in [-0.4, -0.2) is 42.5 Å². The summed E-state index contributed by atoms with van der Waals surface area (Å²) in [6.45, 7) is 4.77. The summed E-state index contributed by atoms with van der Waals surface area (Å²) in [6, 6.07) is 9.40. The largest absolute Gasteiger partial charge is 0.475 e. The van der Waals surface area contributed by atoms with Gasteiger partial charge in [-0.25, -0.2) is 9.97 Å². The first-order valence-corrected chi connectivity index (χ1v) is 10.8. The second-order valence-electron chi connectivity index (χ2n) is 7.83. The molecule has 3 aromatic heterocycles. The summed E-state index contributed by atoms with van der Waals surface area (Å²) < 4.78 is 15.0. The van der Waals surface area contributed by atoms with E-state index in [0.29, 0.717) is 29.7 Å². The van der Waals surface area contributed by atoms with Crippen LogP contribution in [0.5, 0.6) is 5.88 Å². The van der Waals surface area contributed by atoms with Crippen LogP contribution in [-0.2, 0) is 17.9 Å². The Labute approximate surface area is 196 Å². The maximum Gasteiger partial charge on any atom is 0.213 e. The van der Waals surface area contributed by atoms with E-state index in [-0.39, 0.29) is 6.10 Å². The topological polar surface area (TPSA) is 79.9 Å². The molecule has 0 atom stereocenters. The van der Waals surface area contributed by atoms with Crippen molar-refractivity contribution in [1.29, 1.82) is 0 Å². The number of imidazole rings is 1. The van der Waals surface area contributed by atoms with Crippen LogP contribution in [0.2, 0.25) is 5.02 Å². The molecule has 1 aliphatic rings. The van der Waals surface area contributed by atoms with E-state index in [1.54, 1.807) is 19.6 Å². The summed E-state index contributed by atoms with van der Waals surface area (Å²) in [5.74, 6) is 8.38. The Hall–Kier alpha value is -3.67. The quantitative estimate of drug-likeness (QED) is 0.379. The second-order valence-corrected chi connectivity index (χ2v) is 8.27. The molecule has 0 radical (unpaired) electrons. The number of pyridine rings is 1. The van der Waals surface area contributed by atoms with Crippen molar-refractivity contribution in [2.75, 3.05) is 7.11 Å². The fraction of sp³-hybridized carbons (Fsp3) is 0.250. The van der Waals surface area contributed by atoms with Crippen LogP contribution < -0.4 is 4.74 Å². The molecule has 0 spiro atoms. The molecule has 33 heavy (non-hydrogen) atoms. The number of ether oxygens (including phenoxy) is 2. The number of hydrogen-bond donors (Lipinski definition) is 0. The highest BCUT2D eigenvalue weighted by molar-refractivity contribution is 6.31. The zero-order chi connectivity index (χ0) is 22.9. The molecule has 0 saturated heterocycles. The first-order chi connectivity index (χ1) is 16.0. The Morgan fingerprint density at radius 1 is 1.12 bits per heavy atom. The van der Waals surface area contributed by atoms with Crippen LogP contribution >= 0.6 is 11.6 Å². The molecule has 0 bridgehead atoms. The number of halogens is 1. The maximum atomic E-state index is 6.31. The Morgan fingerprint density at radius 3 is 2.76 bits per heavy atom. The minimum Gasteiger partial charge on any atom is -0.475 e. The van der Waals surface area contributed by atoms with Gasteiger partial charge in [-0.05, 0) is 44.0 Å². The first-order valence-electron chi connectivity index (χ1n) is 10.5. The third-order valence-corrected chi connectivity index (χ3v) is 5.39. The Kier molecular flexibility index (Phi) is 5.58. The molecular formula is C24H21ClN6O2. The zero-order valence-corrected chi connectivity index (χ0v) is 19.2. The van der Waals surface area contributed by atoms with Gasteiger partial charge in [0.05, 0.1) is 24.0 Å². The first kappa shape index (κ1) is 21.2. The van der Waals surface area contributed by atoms with Crippen LogP contribution in [0.3, 0.4) is 0 Å². The molecule has 9 heteroatoms. The average molecular weight is 461 g/mol. The fourth-order valence-electron chi connectivity index (χ4n) is 3.72. The van der Waals surface area contributed by atoms with Gasteiger partial charge in [-0.3, -0.25) is 4.57 Å². The molecule has 1 aliphatic heterocycles. The van der Waals surface area contributed by atoms with Crippen LogP contribution in [0.15, 0.2) is 42.9 Å². The zero-order valence-electron chi connectivity index (χ0n) is 18.4. The predicted octanol–water partition coefficient (Wildman–Crippen LogP) is 3.87. The van der Waals surface area contributed by atoms with E-state index in [0.717, 1.165) is 34.2 Å². The monoisotopic (exact) mass is 460 g/mol. The molecule has 0 aliphatic carbocycles. The van der Waals surface area contributed by atoms with Gasteiger partial charge in [0.1, 0.15) is 18.6 Å². The average Bonchev–Trinajstić information content (AvgIpc) is 3.34. The third-order valence-electron chi connectivity index (χ3n) is 5.15. The maximum absolute atomic E-state index is 6.31. The standard InChI is InChI=1S/C24H21ClN6O2/c1-15(2)33-23-9-5-16(11-26-23)4-7-19-21-12-30-22(13-32-3)28-29-24(30)18-10-17(25)6-8-20(18)31(21)14-27-19/h5-6,8-11,14-15H,12-13H2,1-3H3. The lowest BCUT2D eigenvalue weighted by Gasteiger charge is -2.08. The van der Waals surface area contributed by atoms with Gasteiger partial charge < -0.3 is 14.0 Å². The van der Waals surface area contributed by atoms with Gasteiger partial charge in [-0.1, -0.05) is 17.5 Å². The van der Waals surface area contributed by atoms with Crippen LogP contribution in [0.1, 0.15) is 36.6 Å². The molecule has 0 unspecified atom stereocenters. The molecule has 1 aromatic carbocycles. The smallest absolute Gasteiger partial charge is 0.213 e. The lowest BCUT2D eigenvalue weighted by molar-refractivity contribution is 0.174. The molecule has 0 saturated carbocycles. The lowest BCUT2D eigenvalue weighted by atomic mass is 10.1. The number of nitrogens with zero attached hydrogens (tertiary/aromatic N) is 6. The van der Waals surface area contributed by atoms with E-state index in [2.05, 4.69) is 32.0 Å². The number of benzene rings is 1. The predicted molar refractivity (Wildman–Crippen MR) is 123 cm³/mol. The van der Waals surface area contributed by atoms with Gasteiger partial charge in [0, 0.05) is 35.5 Å². The van der Waals surface area contributed by atoms with Crippen molar-refractivity contribution in [2.45, 2.75) is 33.1 Å². The minimum atomic E-state index is 0.0683. The number of fused-ring (bicyclic) bond motifs is 5. The normalized spacial score (nSPS) is 11.8. The van der Waals surface area contributed by atoms with Gasteiger partial charge in [-0.2, -0.15) is 0 Å². The Morgan fingerprint density at radius 2 is 2.00 bits per heavy atom. The van der Waals surface area contributed by atoms with Crippen molar-refractivity contribution in [3.05, 3.63) is 70.7 Å². The molecule has 4 heterocycles. The molecule has 0 N–H and O–H groups in total. The summed E-state index contributed by atoms with van der Waals surface area (Å²) in [7, 11) is 1.63. The van der Waals surface area contributed by atoms with Crippen molar-refractivity contribution in [2.24, 2.45) is 0 Å². The Balaban J connectivity index is 1.57. The van der Waals surface area contributed by atoms with Gasteiger partial charge in [-0.15, -0.1) is 10.2 Å². The van der Waals surface area contributed by atoms with E-state index in [1.165, 1.54) is 0 Å². The van der Waals surface area contributed by atoms with E-state index in [4.69, 9.17) is 21.1 Å². The highest BCUT2D eigenvalue weighted by Crippen LogP contribution is 2.34. The second kappa shape index (κ2) is 8.70. The summed E-state index contributed by atoms with van der Waals surface area (Å²) >= 11 is 6.31. The summed E-state index contributed by atoms with van der Waals surface area (Å²) in [5.41, 5.74) is 4.16. The molecule has 4 aromatic rings. The van der Waals surface area contributed by atoms with Gasteiger partial charge >= 0.3 is 0 Å². The van der Waals surface area contributed by atoms with E-state index >= 15 is 0 Å². The lowest BCUT2D eigenvalue weighted by Crippen LogP contribution is -2.09. The van der Waals surface area contributed by atoms with Crippen LogP contribution in [0, 0.1) is 11.8 Å². The van der Waals surface area contributed by atoms with E-state index < -0.39 is 0 Å². The highest BCUT2D eigenvalue weighted by atomic mass is 35.5. The summed E-state index contributed by atoms with van der Waals surface area (Å²) in [4.78, 5) is 8.91. The number of hydrogen-bond acceptors (Lipinski definition) is 6. The van der Waals surface area contributed by atoms with Crippen LogP contribution in [0.4, 0.5) is 0 Å². The molecule has 166 valence electrons. The number of methoxy groups -OCH3 is 1. The molecule has 0 amide bonds. The summed E-state index contributed by atoms with van der Waals surface area (Å²) in [5, 5.41) is 9.37. The van der Waals surface area contributed by atoms with Crippen molar-refractivity contribution in [3.8, 4) is 34.8 Å². The van der Waals surface area contributed by atoms with Gasteiger partial charge in [0.2, 0.25) is 5.88 Å². The van der Waals surface area contributed by atoms with Crippen LogP contribution in [0.25, 0.3) is 17.1 Å². The summed E-state index contributed by atoms with van der Waals surface area (Å²) in [6.07, 6.45) is 3.55. The van der Waals surface area contributed by atoms with Crippen molar-refractivity contribution >= 4 is 11.6 Å². The van der Waals surface area contributed by atoms with E-state index in [1.807, 2.05) is 53.3 Å². The van der Waals surface area contributed by atoms with Gasteiger partial charge in [0.15, 0.2) is 11.6 Å². The SMILES string of the molecule is COCc1nnc2n1Cc1c(C#Cc3ccc(OC(C)C)nc3)ncn1-c1ccc(Cl)cc1-2. The Bertz CT molecular complexity index is 1380. The van der Waals surface area contributed by atoms with Crippen molar-refractivity contribution < 1.29 is 9.47 Å². The molecule has 5 rings (SSSR count). The number of aromatic nitrogens is 6. The molecular weight excluding hydrogens is 440 g/mol. The van der Waals surface area contributed by atoms with Gasteiger partial charge in [0.25, 0.3) is 0 Å². The van der Waals surface area contributed by atoms with Crippen molar-refractivity contribution in [3.63, 3.8) is 0 Å². The fourth-order valence-corrected chi connectivity index (χ4v) is 3.89. The molecule has 0 fully saturated rings.